The standard InChI is InChI=1S/C14H23NO4S/c1-2-3-4-5-6-9-12-19-15-13-10-7-8-11-14(13)20(16,17)18/h7-8,10-11,15H,2-6,9,12H2,1H3,(H,16,17,18). The molecule has 0 heterocycles. The summed E-state index contributed by atoms with van der Waals surface area (Å²) >= 11 is 0. The van der Waals surface area contributed by atoms with E-state index in [1.807, 2.05) is 0 Å². The number of hydrogen-bond donors (Lipinski definition) is 2. The van der Waals surface area contributed by atoms with Gasteiger partial charge < -0.3 is 0 Å². The van der Waals surface area contributed by atoms with Crippen molar-refractivity contribution in [3.8, 4) is 0 Å². The van der Waals surface area contributed by atoms with E-state index < -0.39 is 10.1 Å². The highest BCUT2D eigenvalue weighted by Gasteiger charge is 2.14. The lowest BCUT2D eigenvalue weighted by atomic mass is 10.1. The second-order valence-electron chi connectivity index (χ2n) is 4.69. The largest absolute Gasteiger partial charge is 0.296 e. The minimum atomic E-state index is -4.23. The summed E-state index contributed by atoms with van der Waals surface area (Å²) in [5, 5.41) is 0. The Morgan fingerprint density at radius 2 is 1.75 bits per heavy atom. The fraction of sp³-hybridized carbons (Fsp3) is 0.571. The van der Waals surface area contributed by atoms with E-state index >= 15 is 0 Å². The van der Waals surface area contributed by atoms with Crippen LogP contribution in [0.4, 0.5) is 5.69 Å². The zero-order valence-corrected chi connectivity index (χ0v) is 12.7. The second-order valence-corrected chi connectivity index (χ2v) is 6.08. The van der Waals surface area contributed by atoms with Gasteiger partial charge in [-0.25, -0.2) is 0 Å². The van der Waals surface area contributed by atoms with Crippen LogP contribution < -0.4 is 5.48 Å². The molecular formula is C14H23NO4S. The summed E-state index contributed by atoms with van der Waals surface area (Å²) in [7, 11) is -4.23. The maximum atomic E-state index is 11.1. The molecule has 20 heavy (non-hydrogen) atoms. The summed E-state index contributed by atoms with van der Waals surface area (Å²) in [5.74, 6) is 0. The summed E-state index contributed by atoms with van der Waals surface area (Å²) in [6.45, 7) is 2.69. The number of benzene rings is 1. The van der Waals surface area contributed by atoms with Crippen LogP contribution in [-0.2, 0) is 15.0 Å². The van der Waals surface area contributed by atoms with Gasteiger partial charge in [0.2, 0.25) is 0 Å². The zero-order chi connectivity index (χ0) is 14.8. The SMILES string of the molecule is CCCCCCCCONc1ccccc1S(=O)(=O)O. The Morgan fingerprint density at radius 1 is 1.10 bits per heavy atom. The van der Waals surface area contributed by atoms with Gasteiger partial charge in [-0.2, -0.15) is 8.42 Å². The van der Waals surface area contributed by atoms with E-state index in [1.54, 1.807) is 18.2 Å². The Bertz CT molecular complexity index is 488. The van der Waals surface area contributed by atoms with Gasteiger partial charge >= 0.3 is 0 Å². The van der Waals surface area contributed by atoms with Crippen LogP contribution in [0.5, 0.6) is 0 Å². The first-order valence-corrected chi connectivity index (χ1v) is 8.44. The number of nitrogens with one attached hydrogen (secondary N) is 1. The quantitative estimate of drug-likeness (QED) is 0.392. The van der Waals surface area contributed by atoms with Crippen LogP contribution in [0.3, 0.4) is 0 Å². The van der Waals surface area contributed by atoms with Crippen LogP contribution in [0.2, 0.25) is 0 Å². The monoisotopic (exact) mass is 301 g/mol. The van der Waals surface area contributed by atoms with Gasteiger partial charge in [-0.05, 0) is 18.6 Å². The molecule has 114 valence electrons. The average molecular weight is 301 g/mol. The molecule has 2 N–H and O–H groups in total. The Balaban J connectivity index is 2.29. The first-order chi connectivity index (χ1) is 9.55. The lowest BCUT2D eigenvalue weighted by Crippen LogP contribution is -2.08. The van der Waals surface area contributed by atoms with Crippen molar-refractivity contribution >= 4 is 15.8 Å². The van der Waals surface area contributed by atoms with Crippen LogP contribution in [-0.4, -0.2) is 19.6 Å². The molecule has 0 aliphatic heterocycles. The van der Waals surface area contributed by atoms with Gasteiger partial charge in [0, 0.05) is 0 Å². The molecule has 1 aromatic carbocycles. The van der Waals surface area contributed by atoms with Gasteiger partial charge in [-0.15, -0.1) is 0 Å². The smallest absolute Gasteiger partial charge is 0.282 e. The molecule has 0 radical (unpaired) electrons. The summed E-state index contributed by atoms with van der Waals surface area (Å²) in [6.07, 6.45) is 6.95. The van der Waals surface area contributed by atoms with Gasteiger partial charge in [0.1, 0.15) is 4.90 Å². The number of rotatable bonds is 10. The molecule has 0 amide bonds. The predicted octanol–water partition coefficient (Wildman–Crippen LogP) is 3.64. The molecule has 0 aliphatic carbocycles. The average Bonchev–Trinajstić information content (AvgIpc) is 2.41. The normalized spacial score (nSPS) is 11.5. The van der Waals surface area contributed by atoms with Crippen molar-refractivity contribution in [2.45, 2.75) is 50.3 Å². The Labute approximate surface area is 121 Å². The molecule has 5 nitrogen and oxygen atoms in total. The number of para-hydroxylation sites is 1. The highest BCUT2D eigenvalue weighted by Crippen LogP contribution is 2.20. The van der Waals surface area contributed by atoms with E-state index in [1.165, 1.54) is 31.7 Å². The van der Waals surface area contributed by atoms with Crippen LogP contribution in [0, 0.1) is 0 Å². The zero-order valence-electron chi connectivity index (χ0n) is 11.8. The Morgan fingerprint density at radius 3 is 2.45 bits per heavy atom. The Hall–Kier alpha value is -1.11. The maximum Gasteiger partial charge on any atom is 0.296 e. The van der Waals surface area contributed by atoms with Gasteiger partial charge in [0.05, 0.1) is 12.3 Å². The molecule has 0 fully saturated rings. The van der Waals surface area contributed by atoms with Gasteiger partial charge in [-0.3, -0.25) is 14.9 Å². The molecule has 0 unspecified atom stereocenters. The number of hydrogen-bond acceptors (Lipinski definition) is 4. The summed E-state index contributed by atoms with van der Waals surface area (Å²) in [6, 6.07) is 6.09. The van der Waals surface area contributed by atoms with Crippen molar-refractivity contribution in [1.82, 2.24) is 0 Å². The maximum absolute atomic E-state index is 11.1. The van der Waals surface area contributed by atoms with E-state index in [2.05, 4.69) is 12.4 Å². The predicted molar refractivity (Wildman–Crippen MR) is 79.2 cm³/mol. The van der Waals surface area contributed by atoms with Crippen LogP contribution in [0.25, 0.3) is 0 Å². The highest BCUT2D eigenvalue weighted by molar-refractivity contribution is 7.86. The molecule has 0 bridgehead atoms. The minimum absolute atomic E-state index is 0.178. The molecule has 1 aromatic rings. The molecule has 6 heteroatoms. The third kappa shape index (κ3) is 6.36. The van der Waals surface area contributed by atoms with Crippen molar-refractivity contribution in [3.63, 3.8) is 0 Å². The molecule has 1 rings (SSSR count). The molecule has 0 atom stereocenters. The molecule has 0 aliphatic rings. The van der Waals surface area contributed by atoms with Crippen LogP contribution >= 0.6 is 0 Å². The fourth-order valence-electron chi connectivity index (χ4n) is 1.86. The van der Waals surface area contributed by atoms with Crippen LogP contribution in [0.1, 0.15) is 45.4 Å². The van der Waals surface area contributed by atoms with E-state index in [-0.39, 0.29) is 10.6 Å². The van der Waals surface area contributed by atoms with Crippen molar-refractivity contribution in [3.05, 3.63) is 24.3 Å². The number of unbranched alkanes of at least 4 members (excludes halogenated alkanes) is 5. The van der Waals surface area contributed by atoms with Crippen molar-refractivity contribution in [2.24, 2.45) is 0 Å². The third-order valence-corrected chi connectivity index (χ3v) is 3.86. The summed E-state index contributed by atoms with van der Waals surface area (Å²) < 4.78 is 31.4. The molecule has 0 saturated carbocycles. The first kappa shape index (κ1) is 16.9. The minimum Gasteiger partial charge on any atom is -0.282 e. The van der Waals surface area contributed by atoms with E-state index in [9.17, 15) is 8.42 Å². The lowest BCUT2D eigenvalue weighted by molar-refractivity contribution is 0.186. The summed E-state index contributed by atoms with van der Waals surface area (Å²) in [4.78, 5) is 5.06. The van der Waals surface area contributed by atoms with Crippen molar-refractivity contribution in [2.75, 3.05) is 12.1 Å². The van der Waals surface area contributed by atoms with Crippen LogP contribution in [0.15, 0.2) is 29.2 Å². The van der Waals surface area contributed by atoms with Gasteiger partial charge in [0.15, 0.2) is 0 Å². The second kappa shape index (κ2) is 8.94. The highest BCUT2D eigenvalue weighted by atomic mass is 32.2. The molecule has 0 aromatic heterocycles. The van der Waals surface area contributed by atoms with Gasteiger partial charge in [-0.1, -0.05) is 51.2 Å². The number of anilines is 1. The molecule has 0 saturated heterocycles. The van der Waals surface area contributed by atoms with Crippen molar-refractivity contribution in [1.29, 1.82) is 0 Å². The third-order valence-electron chi connectivity index (χ3n) is 2.95. The topological polar surface area (TPSA) is 75.6 Å². The van der Waals surface area contributed by atoms with E-state index in [0.29, 0.717) is 6.61 Å². The molecule has 0 spiro atoms. The Kier molecular flexibility index (Phi) is 7.58. The molecular weight excluding hydrogens is 278 g/mol. The van der Waals surface area contributed by atoms with Gasteiger partial charge in [0.25, 0.3) is 10.1 Å². The van der Waals surface area contributed by atoms with Crippen molar-refractivity contribution < 1.29 is 17.8 Å². The fourth-order valence-corrected chi connectivity index (χ4v) is 2.50. The lowest BCUT2D eigenvalue weighted by Gasteiger charge is -2.10. The first-order valence-electron chi connectivity index (χ1n) is 7.00. The van der Waals surface area contributed by atoms with E-state index in [4.69, 9.17) is 9.39 Å². The van der Waals surface area contributed by atoms with E-state index in [0.717, 1.165) is 12.8 Å². The summed E-state index contributed by atoms with van der Waals surface area (Å²) in [5.41, 5.74) is 2.83.